The van der Waals surface area contributed by atoms with E-state index in [4.69, 9.17) is 0 Å². The number of carboxylic acids is 1. The first-order valence-corrected chi connectivity index (χ1v) is 8.90. The number of fused-ring (bicyclic) bond motifs is 1. The summed E-state index contributed by atoms with van der Waals surface area (Å²) in [4.78, 5) is 55.8. The van der Waals surface area contributed by atoms with E-state index in [0.29, 0.717) is 19.4 Å². The molecule has 2 aromatic rings. The molecule has 4 rings (SSSR count). The summed E-state index contributed by atoms with van der Waals surface area (Å²) in [5.41, 5.74) is 1.38. The van der Waals surface area contributed by atoms with Gasteiger partial charge in [-0.05, 0) is 48.7 Å². The number of hydrogen-bond donors (Lipinski definition) is 1. The number of hydrogen-bond acceptors (Lipinski definition) is 5. The number of aromatic nitrogens is 1. The van der Waals surface area contributed by atoms with Crippen LogP contribution in [0.25, 0.3) is 0 Å². The van der Waals surface area contributed by atoms with Gasteiger partial charge in [0.05, 0.1) is 17.7 Å². The average Bonchev–Trinajstić information content (AvgIpc) is 3.28. The first-order valence-electron chi connectivity index (χ1n) is 8.90. The van der Waals surface area contributed by atoms with Crippen molar-refractivity contribution < 1.29 is 24.3 Å². The van der Waals surface area contributed by atoms with E-state index in [-0.39, 0.29) is 23.2 Å². The highest BCUT2D eigenvalue weighted by Gasteiger charge is 2.38. The summed E-state index contributed by atoms with van der Waals surface area (Å²) in [6.07, 6.45) is 4.19. The number of carbonyl (C=O) groups is 4. The van der Waals surface area contributed by atoms with Gasteiger partial charge in [0.15, 0.2) is 0 Å². The fraction of sp³-hybridized carbons (Fsp3) is 0.250. The van der Waals surface area contributed by atoms with Crippen LogP contribution in [-0.4, -0.2) is 56.2 Å². The van der Waals surface area contributed by atoms with Crippen molar-refractivity contribution in [2.45, 2.75) is 25.4 Å². The Morgan fingerprint density at radius 1 is 1.07 bits per heavy atom. The summed E-state index contributed by atoms with van der Waals surface area (Å²) >= 11 is 0. The molecule has 3 amide bonds. The van der Waals surface area contributed by atoms with Crippen LogP contribution in [-0.2, 0) is 11.3 Å². The third-order valence-electron chi connectivity index (χ3n) is 5.11. The molecule has 0 radical (unpaired) electrons. The SMILES string of the molecule is O=C(O)C1CCCN1C(=O)c1ccc2c(c1)C(=O)N(Cc1ccncc1)C2=O. The molecule has 0 aliphatic carbocycles. The third kappa shape index (κ3) is 2.92. The number of nitrogens with zero attached hydrogens (tertiary/aromatic N) is 3. The molecule has 1 saturated heterocycles. The monoisotopic (exact) mass is 379 g/mol. The lowest BCUT2D eigenvalue weighted by Crippen LogP contribution is -2.40. The van der Waals surface area contributed by atoms with Crippen LogP contribution in [0.2, 0.25) is 0 Å². The van der Waals surface area contributed by atoms with Crippen LogP contribution >= 0.6 is 0 Å². The van der Waals surface area contributed by atoms with Crippen molar-refractivity contribution >= 4 is 23.7 Å². The normalized spacial score (nSPS) is 18.5. The fourth-order valence-corrected chi connectivity index (χ4v) is 3.67. The van der Waals surface area contributed by atoms with Gasteiger partial charge in [-0.3, -0.25) is 24.3 Å². The molecular weight excluding hydrogens is 362 g/mol. The number of imide groups is 1. The molecule has 8 heteroatoms. The number of rotatable bonds is 4. The zero-order valence-corrected chi connectivity index (χ0v) is 14.9. The van der Waals surface area contributed by atoms with E-state index in [1.54, 1.807) is 24.5 Å². The lowest BCUT2D eigenvalue weighted by molar-refractivity contribution is -0.141. The van der Waals surface area contributed by atoms with Crippen LogP contribution in [0.5, 0.6) is 0 Å². The molecule has 8 nitrogen and oxygen atoms in total. The Bertz CT molecular complexity index is 989. The van der Waals surface area contributed by atoms with Crippen molar-refractivity contribution in [3.8, 4) is 0 Å². The van der Waals surface area contributed by atoms with Gasteiger partial charge in [0, 0.05) is 24.5 Å². The minimum atomic E-state index is -1.04. The molecule has 28 heavy (non-hydrogen) atoms. The molecule has 1 unspecified atom stereocenters. The maximum Gasteiger partial charge on any atom is 0.326 e. The number of amides is 3. The highest BCUT2D eigenvalue weighted by Crippen LogP contribution is 2.27. The zero-order valence-electron chi connectivity index (χ0n) is 14.9. The molecule has 142 valence electrons. The predicted molar refractivity (Wildman–Crippen MR) is 96.6 cm³/mol. The number of pyridine rings is 1. The quantitative estimate of drug-likeness (QED) is 0.808. The van der Waals surface area contributed by atoms with Gasteiger partial charge in [-0.2, -0.15) is 0 Å². The van der Waals surface area contributed by atoms with Crippen molar-refractivity contribution in [2.75, 3.05) is 6.54 Å². The van der Waals surface area contributed by atoms with Crippen LogP contribution in [0.3, 0.4) is 0 Å². The van der Waals surface area contributed by atoms with Crippen molar-refractivity contribution in [3.05, 3.63) is 65.0 Å². The maximum absolute atomic E-state index is 12.8. The number of carbonyl (C=O) groups excluding carboxylic acids is 3. The smallest absolute Gasteiger partial charge is 0.326 e. The molecule has 1 fully saturated rings. The maximum atomic E-state index is 12.8. The molecule has 3 heterocycles. The van der Waals surface area contributed by atoms with E-state index < -0.39 is 29.7 Å². The van der Waals surface area contributed by atoms with Crippen molar-refractivity contribution in [1.29, 1.82) is 0 Å². The van der Waals surface area contributed by atoms with Gasteiger partial charge in [0.1, 0.15) is 6.04 Å². The second kappa shape index (κ2) is 6.88. The van der Waals surface area contributed by atoms with Gasteiger partial charge < -0.3 is 10.0 Å². The van der Waals surface area contributed by atoms with E-state index in [1.165, 1.54) is 23.1 Å². The van der Waals surface area contributed by atoms with E-state index in [2.05, 4.69) is 4.98 Å². The summed E-state index contributed by atoms with van der Waals surface area (Å²) in [5, 5.41) is 9.28. The van der Waals surface area contributed by atoms with Crippen LogP contribution in [0.15, 0.2) is 42.7 Å². The lowest BCUT2D eigenvalue weighted by atomic mass is 10.0. The number of benzene rings is 1. The Hall–Kier alpha value is -3.55. The number of likely N-dealkylation sites (tertiary alicyclic amines) is 1. The van der Waals surface area contributed by atoms with Crippen LogP contribution in [0.1, 0.15) is 49.5 Å². The predicted octanol–water partition coefficient (Wildman–Crippen LogP) is 1.57. The van der Waals surface area contributed by atoms with E-state index in [1.807, 2.05) is 0 Å². The Kier molecular flexibility index (Phi) is 4.38. The summed E-state index contributed by atoms with van der Waals surface area (Å²) in [7, 11) is 0. The van der Waals surface area contributed by atoms with Gasteiger partial charge in [-0.1, -0.05) is 0 Å². The van der Waals surface area contributed by atoms with Crippen LogP contribution in [0, 0.1) is 0 Å². The fourth-order valence-electron chi connectivity index (χ4n) is 3.67. The van der Waals surface area contributed by atoms with Crippen molar-refractivity contribution in [3.63, 3.8) is 0 Å². The van der Waals surface area contributed by atoms with Crippen LogP contribution in [0.4, 0.5) is 0 Å². The number of carboxylic acid groups (broad SMARTS) is 1. The van der Waals surface area contributed by atoms with Crippen molar-refractivity contribution in [2.24, 2.45) is 0 Å². The molecule has 2 aliphatic heterocycles. The molecule has 1 N–H and O–H groups in total. The van der Waals surface area contributed by atoms with E-state index in [0.717, 1.165) is 10.5 Å². The summed E-state index contributed by atoms with van der Waals surface area (Å²) in [6, 6.07) is 6.90. The van der Waals surface area contributed by atoms with Crippen molar-refractivity contribution in [1.82, 2.24) is 14.8 Å². The van der Waals surface area contributed by atoms with Gasteiger partial charge in [0.25, 0.3) is 17.7 Å². The van der Waals surface area contributed by atoms with Crippen LogP contribution < -0.4 is 0 Å². The summed E-state index contributed by atoms with van der Waals surface area (Å²) in [6.45, 7) is 0.472. The lowest BCUT2D eigenvalue weighted by Gasteiger charge is -2.21. The standard InChI is InChI=1S/C20H17N3O5/c24-17(22-9-1-2-16(22)20(27)28)13-3-4-14-15(10-13)19(26)23(18(14)25)11-12-5-7-21-8-6-12/h3-8,10,16H,1-2,9,11H2,(H,27,28). The largest absolute Gasteiger partial charge is 0.480 e. The van der Waals surface area contributed by atoms with Gasteiger partial charge >= 0.3 is 5.97 Å². The number of aliphatic carboxylic acids is 1. The Morgan fingerprint density at radius 3 is 2.50 bits per heavy atom. The molecular formula is C20H17N3O5. The second-order valence-electron chi connectivity index (χ2n) is 6.81. The Balaban J connectivity index is 1.60. The molecule has 1 atom stereocenters. The first kappa shape index (κ1) is 17.8. The van der Waals surface area contributed by atoms with E-state index >= 15 is 0 Å². The summed E-state index contributed by atoms with van der Waals surface area (Å²) < 4.78 is 0. The van der Waals surface area contributed by atoms with E-state index in [9.17, 15) is 24.3 Å². The van der Waals surface area contributed by atoms with Gasteiger partial charge in [-0.15, -0.1) is 0 Å². The molecule has 1 aromatic heterocycles. The minimum Gasteiger partial charge on any atom is -0.480 e. The highest BCUT2D eigenvalue weighted by atomic mass is 16.4. The molecule has 2 aliphatic rings. The molecule has 0 bridgehead atoms. The average molecular weight is 379 g/mol. The highest BCUT2D eigenvalue weighted by molar-refractivity contribution is 6.22. The third-order valence-corrected chi connectivity index (χ3v) is 5.11. The Labute approximate surface area is 160 Å². The second-order valence-corrected chi connectivity index (χ2v) is 6.81. The van der Waals surface area contributed by atoms with Gasteiger partial charge in [-0.25, -0.2) is 4.79 Å². The summed E-state index contributed by atoms with van der Waals surface area (Å²) in [5.74, 6) is -2.37. The zero-order chi connectivity index (χ0) is 19.8. The topological polar surface area (TPSA) is 108 Å². The molecule has 0 saturated carbocycles. The minimum absolute atomic E-state index is 0.116. The Morgan fingerprint density at radius 2 is 1.79 bits per heavy atom. The molecule has 0 spiro atoms. The first-order chi connectivity index (χ1) is 13.5. The molecule has 1 aromatic carbocycles. The van der Waals surface area contributed by atoms with Gasteiger partial charge in [0.2, 0.25) is 0 Å².